The summed E-state index contributed by atoms with van der Waals surface area (Å²) >= 11 is 3.57. The lowest BCUT2D eigenvalue weighted by atomic mass is 10.1. The van der Waals surface area contributed by atoms with Gasteiger partial charge >= 0.3 is 5.97 Å². The average molecular weight is 340 g/mol. The molecule has 4 nitrogen and oxygen atoms in total. The van der Waals surface area contributed by atoms with Crippen molar-refractivity contribution in [1.82, 2.24) is 0 Å². The van der Waals surface area contributed by atoms with Gasteiger partial charge in [-0.05, 0) is 53.5 Å². The third-order valence-corrected chi connectivity index (χ3v) is 3.79. The molecule has 1 heterocycles. The summed E-state index contributed by atoms with van der Waals surface area (Å²) in [7, 11) is 0. The Morgan fingerprint density at radius 2 is 2.05 bits per heavy atom. The van der Waals surface area contributed by atoms with E-state index in [1.807, 2.05) is 18.2 Å². The van der Waals surface area contributed by atoms with Gasteiger partial charge in [-0.25, -0.2) is 4.79 Å². The van der Waals surface area contributed by atoms with Crippen molar-refractivity contribution in [3.8, 4) is 0 Å². The van der Waals surface area contributed by atoms with Gasteiger partial charge in [0.15, 0.2) is 0 Å². The molecule has 1 aliphatic heterocycles. The van der Waals surface area contributed by atoms with E-state index < -0.39 is 5.97 Å². The molecule has 0 radical (unpaired) electrons. The molecular formula is C15H18BrNO3. The van der Waals surface area contributed by atoms with Crippen LogP contribution in [0.25, 0.3) is 6.08 Å². The molecule has 1 fully saturated rings. The maximum Gasteiger partial charge on any atom is 0.328 e. The van der Waals surface area contributed by atoms with Gasteiger partial charge in [-0.1, -0.05) is 6.07 Å². The molecule has 1 saturated heterocycles. The molecule has 0 aliphatic carbocycles. The number of ether oxygens (including phenoxy) is 1. The predicted octanol–water partition coefficient (Wildman–Crippen LogP) is 3.16. The lowest BCUT2D eigenvalue weighted by Crippen LogP contribution is -2.45. The first kappa shape index (κ1) is 15.1. The molecule has 5 heteroatoms. The number of rotatable bonds is 3. The van der Waals surface area contributed by atoms with Crippen LogP contribution in [0.5, 0.6) is 0 Å². The number of carbonyl (C=O) groups is 1. The van der Waals surface area contributed by atoms with Gasteiger partial charge in [0.25, 0.3) is 0 Å². The van der Waals surface area contributed by atoms with Crippen LogP contribution in [0.3, 0.4) is 0 Å². The second-order valence-electron chi connectivity index (χ2n) is 5.04. The van der Waals surface area contributed by atoms with Gasteiger partial charge < -0.3 is 14.7 Å². The number of anilines is 1. The molecule has 0 saturated carbocycles. The van der Waals surface area contributed by atoms with Gasteiger partial charge in [-0.15, -0.1) is 0 Å². The quantitative estimate of drug-likeness (QED) is 0.859. The smallest absolute Gasteiger partial charge is 0.328 e. The summed E-state index contributed by atoms with van der Waals surface area (Å²) < 4.78 is 6.70. The summed E-state index contributed by atoms with van der Waals surface area (Å²) in [6.45, 7) is 5.85. The molecule has 1 aromatic carbocycles. The van der Waals surface area contributed by atoms with Crippen molar-refractivity contribution in [3.05, 3.63) is 34.3 Å². The molecule has 20 heavy (non-hydrogen) atoms. The number of benzene rings is 1. The van der Waals surface area contributed by atoms with E-state index in [9.17, 15) is 4.79 Å². The Morgan fingerprint density at radius 3 is 2.60 bits per heavy atom. The number of halogens is 1. The SMILES string of the molecule is CC1CN(c2ccc(/C=C/C(=O)O)cc2Br)CC(C)O1. The van der Waals surface area contributed by atoms with Crippen molar-refractivity contribution in [1.29, 1.82) is 0 Å². The highest BCUT2D eigenvalue weighted by Gasteiger charge is 2.23. The van der Waals surface area contributed by atoms with Crippen LogP contribution in [0.15, 0.2) is 28.7 Å². The Hall–Kier alpha value is -1.33. The highest BCUT2D eigenvalue weighted by Crippen LogP contribution is 2.30. The molecule has 108 valence electrons. The molecule has 1 aromatic rings. The minimum Gasteiger partial charge on any atom is -0.478 e. The van der Waals surface area contributed by atoms with E-state index in [1.165, 1.54) is 0 Å². The van der Waals surface area contributed by atoms with E-state index in [2.05, 4.69) is 34.7 Å². The Kier molecular flexibility index (Phi) is 4.83. The summed E-state index contributed by atoms with van der Waals surface area (Å²) in [6, 6.07) is 5.86. The second-order valence-corrected chi connectivity index (χ2v) is 5.90. The van der Waals surface area contributed by atoms with Crippen molar-refractivity contribution in [3.63, 3.8) is 0 Å². The predicted molar refractivity (Wildman–Crippen MR) is 83.0 cm³/mol. The van der Waals surface area contributed by atoms with Crippen molar-refractivity contribution >= 4 is 33.7 Å². The number of hydrogen-bond acceptors (Lipinski definition) is 3. The van der Waals surface area contributed by atoms with Crippen LogP contribution in [-0.4, -0.2) is 36.4 Å². The number of nitrogens with zero attached hydrogens (tertiary/aromatic N) is 1. The molecule has 1 N–H and O–H groups in total. The highest BCUT2D eigenvalue weighted by molar-refractivity contribution is 9.10. The van der Waals surface area contributed by atoms with Crippen molar-refractivity contribution in [2.45, 2.75) is 26.1 Å². The monoisotopic (exact) mass is 339 g/mol. The average Bonchev–Trinajstić information content (AvgIpc) is 2.35. The van der Waals surface area contributed by atoms with Crippen LogP contribution in [0.2, 0.25) is 0 Å². The molecule has 2 unspecified atom stereocenters. The molecule has 0 spiro atoms. The zero-order valence-corrected chi connectivity index (χ0v) is 13.1. The van der Waals surface area contributed by atoms with Gasteiger partial charge in [0.1, 0.15) is 0 Å². The zero-order valence-electron chi connectivity index (χ0n) is 11.5. The Balaban J connectivity index is 2.19. The Bertz CT molecular complexity index is 520. The van der Waals surface area contributed by atoms with E-state index >= 15 is 0 Å². The molecule has 0 bridgehead atoms. The van der Waals surface area contributed by atoms with Crippen molar-refractivity contribution in [2.75, 3.05) is 18.0 Å². The maximum atomic E-state index is 10.5. The standard InChI is InChI=1S/C15H18BrNO3/c1-10-8-17(9-11(2)20-10)14-5-3-12(7-13(14)16)4-6-15(18)19/h3-7,10-11H,8-9H2,1-2H3,(H,18,19)/b6-4+. The molecule has 0 aromatic heterocycles. The molecule has 2 atom stereocenters. The fourth-order valence-corrected chi connectivity index (χ4v) is 3.07. The fourth-order valence-electron chi connectivity index (χ4n) is 2.43. The van der Waals surface area contributed by atoms with Crippen LogP contribution in [0.1, 0.15) is 19.4 Å². The molecule has 1 aliphatic rings. The molecule has 2 rings (SSSR count). The fraction of sp³-hybridized carbons (Fsp3) is 0.400. The van der Waals surface area contributed by atoms with Crippen LogP contribution in [-0.2, 0) is 9.53 Å². The molecular weight excluding hydrogens is 322 g/mol. The van der Waals surface area contributed by atoms with Gasteiger partial charge in [0, 0.05) is 23.6 Å². The summed E-state index contributed by atoms with van der Waals surface area (Å²) in [5.74, 6) is -0.943. The number of carboxylic acid groups (broad SMARTS) is 1. The first-order valence-electron chi connectivity index (χ1n) is 6.56. The minimum absolute atomic E-state index is 0.206. The van der Waals surface area contributed by atoms with Crippen LogP contribution >= 0.6 is 15.9 Å². The van der Waals surface area contributed by atoms with Gasteiger partial charge in [-0.3, -0.25) is 0 Å². The third-order valence-electron chi connectivity index (χ3n) is 3.15. The Morgan fingerprint density at radius 1 is 1.40 bits per heavy atom. The molecule has 0 amide bonds. The number of carboxylic acids is 1. The largest absolute Gasteiger partial charge is 0.478 e. The zero-order chi connectivity index (χ0) is 14.7. The van der Waals surface area contributed by atoms with E-state index in [-0.39, 0.29) is 12.2 Å². The van der Waals surface area contributed by atoms with E-state index in [0.29, 0.717) is 0 Å². The summed E-state index contributed by atoms with van der Waals surface area (Å²) in [4.78, 5) is 12.8. The maximum absolute atomic E-state index is 10.5. The number of aliphatic carboxylic acids is 1. The summed E-state index contributed by atoms with van der Waals surface area (Å²) in [5, 5.41) is 8.64. The van der Waals surface area contributed by atoms with Crippen LogP contribution < -0.4 is 4.90 Å². The van der Waals surface area contributed by atoms with E-state index in [1.54, 1.807) is 6.08 Å². The first-order valence-corrected chi connectivity index (χ1v) is 7.36. The van der Waals surface area contributed by atoms with E-state index in [0.717, 1.165) is 34.9 Å². The van der Waals surface area contributed by atoms with Gasteiger partial charge in [0.2, 0.25) is 0 Å². The van der Waals surface area contributed by atoms with Gasteiger partial charge in [-0.2, -0.15) is 0 Å². The second kappa shape index (κ2) is 6.41. The lowest BCUT2D eigenvalue weighted by Gasteiger charge is -2.37. The van der Waals surface area contributed by atoms with Crippen molar-refractivity contribution < 1.29 is 14.6 Å². The summed E-state index contributed by atoms with van der Waals surface area (Å²) in [5.41, 5.74) is 1.97. The van der Waals surface area contributed by atoms with Crippen molar-refractivity contribution in [2.24, 2.45) is 0 Å². The topological polar surface area (TPSA) is 49.8 Å². The third kappa shape index (κ3) is 3.84. The number of hydrogen-bond donors (Lipinski definition) is 1. The minimum atomic E-state index is -0.943. The number of morpholine rings is 1. The Labute approximate surface area is 127 Å². The lowest BCUT2D eigenvalue weighted by molar-refractivity contribution is -0.131. The van der Waals surface area contributed by atoms with Crippen LogP contribution in [0, 0.1) is 0 Å². The normalized spacial score (nSPS) is 23.2. The van der Waals surface area contributed by atoms with Gasteiger partial charge in [0.05, 0.1) is 17.9 Å². The first-order chi connectivity index (χ1) is 9.45. The summed E-state index contributed by atoms with van der Waals surface area (Å²) in [6.07, 6.45) is 3.14. The van der Waals surface area contributed by atoms with Crippen LogP contribution in [0.4, 0.5) is 5.69 Å². The van der Waals surface area contributed by atoms with E-state index in [4.69, 9.17) is 9.84 Å². The highest BCUT2D eigenvalue weighted by atomic mass is 79.9.